The van der Waals surface area contributed by atoms with Gasteiger partial charge in [0.1, 0.15) is 5.75 Å². The summed E-state index contributed by atoms with van der Waals surface area (Å²) in [6, 6.07) is 17.5. The van der Waals surface area contributed by atoms with Crippen LogP contribution in [0.5, 0.6) is 5.75 Å². The number of aryl methyl sites for hydroxylation is 4. The van der Waals surface area contributed by atoms with Crippen molar-refractivity contribution in [2.75, 3.05) is 19.7 Å². The number of fused-ring (bicyclic) bond motifs is 1. The molecule has 41 heavy (non-hydrogen) atoms. The van der Waals surface area contributed by atoms with Gasteiger partial charge in [-0.25, -0.2) is 0 Å². The molecular formula is C36H41NO4. The third-order valence-electron chi connectivity index (χ3n) is 9.86. The van der Waals surface area contributed by atoms with Gasteiger partial charge in [0.15, 0.2) is 6.61 Å². The topological polar surface area (TPSA) is 66.8 Å². The van der Waals surface area contributed by atoms with Crippen LogP contribution in [0.3, 0.4) is 0 Å². The van der Waals surface area contributed by atoms with Gasteiger partial charge < -0.3 is 14.7 Å². The van der Waals surface area contributed by atoms with E-state index in [9.17, 15) is 14.7 Å². The highest BCUT2D eigenvalue weighted by atomic mass is 16.5. The third-order valence-corrected chi connectivity index (χ3v) is 9.86. The molecule has 0 bridgehead atoms. The van der Waals surface area contributed by atoms with E-state index in [1.54, 1.807) is 0 Å². The number of hydrogen-bond acceptors (Lipinski definition) is 3. The molecule has 6 rings (SSSR count). The van der Waals surface area contributed by atoms with Crippen molar-refractivity contribution in [2.45, 2.75) is 78.1 Å². The fourth-order valence-corrected chi connectivity index (χ4v) is 7.47. The smallest absolute Gasteiger partial charge is 0.303 e. The zero-order valence-electron chi connectivity index (χ0n) is 24.6. The van der Waals surface area contributed by atoms with E-state index >= 15 is 0 Å². The lowest BCUT2D eigenvalue weighted by atomic mass is 9.86. The van der Waals surface area contributed by atoms with Crippen LogP contribution >= 0.6 is 0 Å². The number of carboxylic acids is 1. The van der Waals surface area contributed by atoms with Gasteiger partial charge in [-0.15, -0.1) is 0 Å². The van der Waals surface area contributed by atoms with E-state index in [4.69, 9.17) is 4.74 Å². The largest absolute Gasteiger partial charge is 0.484 e. The number of nitrogens with zero attached hydrogens (tertiary/aromatic N) is 1. The van der Waals surface area contributed by atoms with Crippen molar-refractivity contribution < 1.29 is 19.4 Å². The summed E-state index contributed by atoms with van der Waals surface area (Å²) in [4.78, 5) is 25.8. The quantitative estimate of drug-likeness (QED) is 0.312. The second-order valence-corrected chi connectivity index (χ2v) is 12.6. The van der Waals surface area contributed by atoms with E-state index in [1.807, 2.05) is 4.90 Å². The number of carboxylic acid groups (broad SMARTS) is 1. The van der Waals surface area contributed by atoms with Gasteiger partial charge in [0.05, 0.1) is 6.42 Å². The molecule has 5 nitrogen and oxygen atoms in total. The molecule has 1 saturated carbocycles. The van der Waals surface area contributed by atoms with E-state index in [2.05, 4.69) is 69.3 Å². The Balaban J connectivity index is 1.15. The molecule has 1 heterocycles. The average molecular weight is 552 g/mol. The standard InChI is InChI=1S/C36H41NO4/c1-23-17-29(41-22-33(38)37-15-4-5-16-37)18-24(2)35(23)30-8-6-7-27(25(30)3)11-9-26-10-12-31-28(19-26)21-36(13-14-36)32(31)20-34(39)40/h6-8,10,12,17-19,32H,4-5,9,11,13-16,20-22H2,1-3H3,(H,39,40). The first-order valence-corrected chi connectivity index (χ1v) is 15.2. The average Bonchev–Trinajstić information content (AvgIpc) is 3.36. The number of likely N-dealkylation sites (tertiary alicyclic amines) is 1. The van der Waals surface area contributed by atoms with Crippen LogP contribution in [-0.2, 0) is 28.9 Å². The zero-order chi connectivity index (χ0) is 28.7. The lowest BCUT2D eigenvalue weighted by Crippen LogP contribution is -2.32. The number of ether oxygens (including phenoxy) is 1. The monoisotopic (exact) mass is 551 g/mol. The molecule has 1 saturated heterocycles. The van der Waals surface area contributed by atoms with E-state index in [-0.39, 0.29) is 30.3 Å². The maximum Gasteiger partial charge on any atom is 0.303 e. The van der Waals surface area contributed by atoms with Gasteiger partial charge in [0.25, 0.3) is 5.91 Å². The molecule has 2 aliphatic carbocycles. The zero-order valence-corrected chi connectivity index (χ0v) is 24.6. The predicted molar refractivity (Wildman–Crippen MR) is 162 cm³/mol. The molecule has 1 amide bonds. The molecular weight excluding hydrogens is 510 g/mol. The Morgan fingerprint density at radius 2 is 1.71 bits per heavy atom. The normalized spacial score (nSPS) is 18.5. The van der Waals surface area contributed by atoms with E-state index < -0.39 is 5.97 Å². The Hall–Kier alpha value is -3.60. The predicted octanol–water partition coefficient (Wildman–Crippen LogP) is 6.96. The first-order chi connectivity index (χ1) is 19.7. The Morgan fingerprint density at radius 1 is 0.976 bits per heavy atom. The molecule has 1 unspecified atom stereocenters. The number of hydrogen-bond donors (Lipinski definition) is 1. The summed E-state index contributed by atoms with van der Waals surface area (Å²) >= 11 is 0. The summed E-state index contributed by atoms with van der Waals surface area (Å²) in [5.41, 5.74) is 11.6. The van der Waals surface area contributed by atoms with E-state index in [0.717, 1.165) is 74.9 Å². The van der Waals surface area contributed by atoms with Crippen LogP contribution in [0.4, 0.5) is 0 Å². The van der Waals surface area contributed by atoms with Crippen molar-refractivity contribution in [1.29, 1.82) is 0 Å². The highest BCUT2D eigenvalue weighted by Crippen LogP contribution is 2.64. The summed E-state index contributed by atoms with van der Waals surface area (Å²) in [7, 11) is 0. The molecule has 5 heteroatoms. The molecule has 3 aromatic rings. The van der Waals surface area contributed by atoms with Crippen LogP contribution in [0.2, 0.25) is 0 Å². The molecule has 3 aliphatic rings. The van der Waals surface area contributed by atoms with Gasteiger partial charge in [-0.1, -0.05) is 36.4 Å². The first kappa shape index (κ1) is 27.6. The number of benzene rings is 3. The molecule has 1 N–H and O–H groups in total. The Morgan fingerprint density at radius 3 is 2.39 bits per heavy atom. The fraction of sp³-hybridized carbons (Fsp3) is 0.444. The van der Waals surface area contributed by atoms with Gasteiger partial charge in [-0.2, -0.15) is 0 Å². The summed E-state index contributed by atoms with van der Waals surface area (Å²) < 4.78 is 5.93. The van der Waals surface area contributed by atoms with Crippen LogP contribution < -0.4 is 4.74 Å². The lowest BCUT2D eigenvalue weighted by Gasteiger charge is -2.19. The van der Waals surface area contributed by atoms with Crippen LogP contribution in [0.1, 0.15) is 77.0 Å². The van der Waals surface area contributed by atoms with Crippen molar-refractivity contribution in [2.24, 2.45) is 5.41 Å². The minimum atomic E-state index is -0.686. The van der Waals surface area contributed by atoms with Crippen molar-refractivity contribution >= 4 is 11.9 Å². The highest BCUT2D eigenvalue weighted by molar-refractivity contribution is 5.78. The second kappa shape index (κ2) is 11.0. The number of amides is 1. The van der Waals surface area contributed by atoms with Gasteiger partial charge in [0, 0.05) is 19.0 Å². The lowest BCUT2D eigenvalue weighted by molar-refractivity contribution is -0.137. The maximum atomic E-state index is 12.4. The summed E-state index contributed by atoms with van der Waals surface area (Å²) in [5, 5.41) is 9.46. The first-order valence-electron chi connectivity index (χ1n) is 15.2. The molecule has 1 atom stereocenters. The maximum absolute atomic E-state index is 12.4. The fourth-order valence-electron chi connectivity index (χ4n) is 7.47. The van der Waals surface area contributed by atoms with Crippen LogP contribution in [0.15, 0.2) is 48.5 Å². The Bertz CT molecular complexity index is 1470. The van der Waals surface area contributed by atoms with Crippen molar-refractivity contribution in [1.82, 2.24) is 4.90 Å². The summed E-state index contributed by atoms with van der Waals surface area (Å²) in [6.07, 6.45) is 7.69. The Kier molecular flexibility index (Phi) is 7.39. The molecule has 1 spiro atoms. The molecule has 1 aliphatic heterocycles. The molecule has 0 aromatic heterocycles. The van der Waals surface area contributed by atoms with Crippen LogP contribution in [-0.4, -0.2) is 41.6 Å². The second-order valence-electron chi connectivity index (χ2n) is 12.6. The van der Waals surface area contributed by atoms with Crippen molar-refractivity contribution in [3.63, 3.8) is 0 Å². The van der Waals surface area contributed by atoms with Gasteiger partial charge in [0.2, 0.25) is 0 Å². The number of rotatable bonds is 9. The number of aliphatic carboxylic acids is 1. The van der Waals surface area contributed by atoms with Crippen molar-refractivity contribution in [3.05, 3.63) is 87.5 Å². The van der Waals surface area contributed by atoms with Gasteiger partial charge in [-0.05, 0) is 133 Å². The minimum absolute atomic E-state index is 0.0703. The molecule has 0 radical (unpaired) electrons. The van der Waals surface area contributed by atoms with Crippen LogP contribution in [0, 0.1) is 26.2 Å². The molecule has 2 fully saturated rings. The van der Waals surface area contributed by atoms with Gasteiger partial charge in [-0.3, -0.25) is 9.59 Å². The molecule has 214 valence electrons. The van der Waals surface area contributed by atoms with Gasteiger partial charge >= 0.3 is 5.97 Å². The number of carbonyl (C=O) groups excluding carboxylic acids is 1. The Labute approximate surface area is 243 Å². The minimum Gasteiger partial charge on any atom is -0.484 e. The van der Waals surface area contributed by atoms with Crippen molar-refractivity contribution in [3.8, 4) is 16.9 Å². The van der Waals surface area contributed by atoms with E-state index in [0.29, 0.717) is 0 Å². The summed E-state index contributed by atoms with van der Waals surface area (Å²) in [6.45, 7) is 8.25. The highest BCUT2D eigenvalue weighted by Gasteiger charge is 2.54. The van der Waals surface area contributed by atoms with Crippen LogP contribution in [0.25, 0.3) is 11.1 Å². The van der Waals surface area contributed by atoms with E-state index in [1.165, 1.54) is 38.9 Å². The molecule has 3 aromatic carbocycles. The summed E-state index contributed by atoms with van der Waals surface area (Å²) in [5.74, 6) is 0.312. The SMILES string of the molecule is Cc1cc(OCC(=O)N2CCCC2)cc(C)c1-c1cccc(CCc2ccc3c(c2)CC2(CC2)C3CC(=O)O)c1C. The number of carbonyl (C=O) groups is 2. The third kappa shape index (κ3) is 5.51.